The summed E-state index contributed by atoms with van der Waals surface area (Å²) < 4.78 is 7.06. The summed E-state index contributed by atoms with van der Waals surface area (Å²) in [6, 6.07) is 7.33. The van der Waals surface area contributed by atoms with E-state index in [4.69, 9.17) is 15.5 Å². The van der Waals surface area contributed by atoms with Crippen LogP contribution in [0.25, 0.3) is 20.7 Å². The van der Waals surface area contributed by atoms with Crippen molar-refractivity contribution in [3.8, 4) is 10.6 Å². The molecule has 34 heavy (non-hydrogen) atoms. The summed E-state index contributed by atoms with van der Waals surface area (Å²) in [5, 5.41) is 7.48. The second-order valence-electron chi connectivity index (χ2n) is 8.51. The molecule has 3 heterocycles. The lowest BCUT2D eigenvalue weighted by molar-refractivity contribution is -0.127. The van der Waals surface area contributed by atoms with Crippen LogP contribution in [-0.4, -0.2) is 47.1 Å². The Morgan fingerprint density at radius 1 is 1.29 bits per heavy atom. The third-order valence-corrected chi connectivity index (χ3v) is 7.86. The second kappa shape index (κ2) is 9.44. The predicted molar refractivity (Wildman–Crippen MR) is 136 cm³/mol. The first-order valence-corrected chi connectivity index (χ1v) is 12.8. The largest absolute Gasteiger partial charge is 0.437 e. The number of piperidine rings is 1. The van der Waals surface area contributed by atoms with Crippen LogP contribution < -0.4 is 16.4 Å². The zero-order valence-electron chi connectivity index (χ0n) is 18.3. The fraction of sp³-hybridized carbons (Fsp3) is 0.333. The number of fused-ring (bicyclic) bond motifs is 1. The van der Waals surface area contributed by atoms with Crippen molar-refractivity contribution >= 4 is 55.2 Å². The molecule has 1 aliphatic carbocycles. The number of hydrogen-bond acceptors (Lipinski definition) is 8. The molecule has 0 bridgehead atoms. The summed E-state index contributed by atoms with van der Waals surface area (Å²) in [5.41, 5.74) is 5.08. The van der Waals surface area contributed by atoms with Gasteiger partial charge in [-0.3, -0.25) is 4.79 Å². The zero-order chi connectivity index (χ0) is 23.7. The van der Waals surface area contributed by atoms with Gasteiger partial charge in [0.2, 0.25) is 11.5 Å². The van der Waals surface area contributed by atoms with Gasteiger partial charge in [-0.1, -0.05) is 6.07 Å². The van der Waals surface area contributed by atoms with E-state index >= 15 is 0 Å². The summed E-state index contributed by atoms with van der Waals surface area (Å²) in [4.78, 5) is 34.4. The maximum atomic E-state index is 12.8. The molecule has 4 N–H and O–H groups in total. The fourth-order valence-corrected chi connectivity index (χ4v) is 5.73. The van der Waals surface area contributed by atoms with Gasteiger partial charge < -0.3 is 21.1 Å². The number of rotatable bonds is 8. The minimum Gasteiger partial charge on any atom is -0.437 e. The van der Waals surface area contributed by atoms with Crippen LogP contribution in [0.1, 0.15) is 29.6 Å². The highest BCUT2D eigenvalue weighted by Gasteiger charge is 2.45. The molecule has 5 rings (SSSR count). The summed E-state index contributed by atoms with van der Waals surface area (Å²) in [6.07, 6.45) is 8.19. The number of amides is 1. The van der Waals surface area contributed by atoms with Crippen molar-refractivity contribution in [2.45, 2.75) is 24.9 Å². The first-order valence-electron chi connectivity index (χ1n) is 11.2. The number of nitrogens with two attached hydrogens (primary N) is 1. The van der Waals surface area contributed by atoms with Crippen molar-refractivity contribution in [3.05, 3.63) is 52.7 Å². The van der Waals surface area contributed by atoms with Crippen molar-refractivity contribution in [1.82, 2.24) is 15.3 Å². The van der Waals surface area contributed by atoms with E-state index in [1.54, 1.807) is 18.3 Å². The number of carbonyl (C=O) groups is 2. The number of hydrogen-bond donors (Lipinski definition) is 3. The Morgan fingerprint density at radius 3 is 2.82 bits per heavy atom. The minimum absolute atomic E-state index is 0.375. The number of anilines is 1. The van der Waals surface area contributed by atoms with E-state index in [1.807, 2.05) is 12.1 Å². The number of ether oxygens (including phenoxy) is 1. The average Bonchev–Trinajstić information content (AvgIpc) is 3.49. The van der Waals surface area contributed by atoms with E-state index in [1.165, 1.54) is 36.3 Å². The lowest BCUT2D eigenvalue weighted by atomic mass is 9.95. The maximum Gasteiger partial charge on any atom is 0.340 e. The van der Waals surface area contributed by atoms with E-state index in [2.05, 4.69) is 31.5 Å². The number of halogens is 1. The van der Waals surface area contributed by atoms with Gasteiger partial charge in [0.1, 0.15) is 5.69 Å². The molecule has 0 atom stereocenters. The Balaban J connectivity index is 1.35. The van der Waals surface area contributed by atoms with Gasteiger partial charge in [0.15, 0.2) is 0 Å². The Bertz CT molecular complexity index is 1280. The highest BCUT2D eigenvalue weighted by molar-refractivity contribution is 9.10. The van der Waals surface area contributed by atoms with E-state index < -0.39 is 17.5 Å². The highest BCUT2D eigenvalue weighted by Crippen LogP contribution is 2.38. The number of primary amides is 1. The lowest BCUT2D eigenvalue weighted by Gasteiger charge is -2.22. The van der Waals surface area contributed by atoms with Gasteiger partial charge in [-0.2, -0.15) is 0 Å². The number of esters is 1. The third kappa shape index (κ3) is 4.70. The van der Waals surface area contributed by atoms with Gasteiger partial charge in [0.25, 0.3) is 5.91 Å². The number of nitrogens with one attached hydrogen (secondary N) is 2. The average molecular weight is 542 g/mol. The SMILES string of the molecule is NC(=O)C1(OC(=O)c2cccc3sc(-c4nc(NCCC5CCNCC5)ncc4Br)cc23)C=C1. The summed E-state index contributed by atoms with van der Waals surface area (Å²) >= 11 is 5.08. The molecule has 8 nitrogen and oxygen atoms in total. The molecule has 10 heteroatoms. The molecule has 1 saturated heterocycles. The Labute approximate surface area is 209 Å². The zero-order valence-corrected chi connectivity index (χ0v) is 20.7. The van der Waals surface area contributed by atoms with Gasteiger partial charge in [0.05, 0.1) is 14.9 Å². The van der Waals surface area contributed by atoms with Gasteiger partial charge in [-0.15, -0.1) is 11.3 Å². The molecule has 1 aromatic carbocycles. The van der Waals surface area contributed by atoms with E-state index in [0.29, 0.717) is 11.5 Å². The van der Waals surface area contributed by atoms with Crippen LogP contribution in [0, 0.1) is 5.92 Å². The molecule has 0 unspecified atom stereocenters. The van der Waals surface area contributed by atoms with Crippen molar-refractivity contribution < 1.29 is 14.3 Å². The molecule has 3 aromatic rings. The molecular formula is C24H24BrN5O3S. The van der Waals surface area contributed by atoms with Crippen LogP contribution in [-0.2, 0) is 9.53 Å². The van der Waals surface area contributed by atoms with Crippen LogP contribution in [0.2, 0.25) is 0 Å². The van der Waals surface area contributed by atoms with E-state index in [9.17, 15) is 9.59 Å². The Morgan fingerprint density at radius 2 is 2.09 bits per heavy atom. The summed E-state index contributed by atoms with van der Waals surface area (Å²) in [5.74, 6) is 0.00122. The molecular weight excluding hydrogens is 518 g/mol. The topological polar surface area (TPSA) is 119 Å². The van der Waals surface area contributed by atoms with Crippen molar-refractivity contribution in [1.29, 1.82) is 0 Å². The number of benzene rings is 1. The molecule has 1 aliphatic heterocycles. The Hall–Kier alpha value is -2.82. The molecule has 0 spiro atoms. The first-order chi connectivity index (χ1) is 16.4. The quantitative estimate of drug-likeness (QED) is 0.292. The molecule has 1 amide bonds. The van der Waals surface area contributed by atoms with E-state index in [-0.39, 0.29) is 0 Å². The summed E-state index contributed by atoms with van der Waals surface area (Å²) in [6.45, 7) is 3.00. The van der Waals surface area contributed by atoms with Gasteiger partial charge in [-0.25, -0.2) is 14.8 Å². The smallest absolute Gasteiger partial charge is 0.340 e. The van der Waals surface area contributed by atoms with Crippen LogP contribution in [0.15, 0.2) is 47.1 Å². The fourth-order valence-electron chi connectivity index (χ4n) is 4.11. The number of nitrogens with zero attached hydrogens (tertiary/aromatic N) is 2. The molecule has 176 valence electrons. The van der Waals surface area contributed by atoms with Crippen LogP contribution in [0.3, 0.4) is 0 Å². The third-order valence-electron chi connectivity index (χ3n) is 6.17. The molecule has 2 aromatic heterocycles. The first kappa shape index (κ1) is 22.9. The summed E-state index contributed by atoms with van der Waals surface area (Å²) in [7, 11) is 0. The normalized spacial score (nSPS) is 17.0. The standard InChI is InChI=1S/C24H24BrN5O3S/c25-17-13-29-23(28-11-6-14-4-9-27-10-5-14)30-20(17)19-12-16-15(2-1-3-18(16)34-19)21(31)33-24(7-8-24)22(26)32/h1-3,7-8,12-14,27H,4-6,9-11H2,(H2,26,32)(H,28,29,30). The molecule has 0 saturated carbocycles. The van der Waals surface area contributed by atoms with Crippen LogP contribution in [0.5, 0.6) is 0 Å². The van der Waals surface area contributed by atoms with Gasteiger partial charge in [-0.05, 0) is 84.6 Å². The molecule has 0 radical (unpaired) electrons. The van der Waals surface area contributed by atoms with Crippen molar-refractivity contribution in [2.24, 2.45) is 11.7 Å². The van der Waals surface area contributed by atoms with Gasteiger partial charge in [0, 0.05) is 22.8 Å². The second-order valence-corrected chi connectivity index (χ2v) is 10.4. The number of carbonyl (C=O) groups excluding carboxylic acids is 2. The number of aromatic nitrogens is 2. The van der Waals surface area contributed by atoms with Crippen molar-refractivity contribution in [2.75, 3.05) is 25.0 Å². The minimum atomic E-state index is -1.40. The number of thiophene rings is 1. The van der Waals surface area contributed by atoms with Crippen LogP contribution in [0.4, 0.5) is 5.95 Å². The Kier molecular flexibility index (Phi) is 6.37. The van der Waals surface area contributed by atoms with Crippen molar-refractivity contribution in [3.63, 3.8) is 0 Å². The lowest BCUT2D eigenvalue weighted by Crippen LogP contribution is -2.36. The van der Waals surface area contributed by atoms with Crippen LogP contribution >= 0.6 is 27.3 Å². The maximum absolute atomic E-state index is 12.8. The predicted octanol–water partition coefficient (Wildman–Crippen LogP) is 3.87. The molecule has 2 aliphatic rings. The van der Waals surface area contributed by atoms with E-state index in [0.717, 1.165) is 57.1 Å². The highest BCUT2D eigenvalue weighted by atomic mass is 79.9. The van der Waals surface area contributed by atoms with Gasteiger partial charge >= 0.3 is 5.97 Å². The monoisotopic (exact) mass is 541 g/mol. The molecule has 1 fully saturated rings.